The summed E-state index contributed by atoms with van der Waals surface area (Å²) in [5, 5.41) is 59.2. The van der Waals surface area contributed by atoms with Crippen LogP contribution in [0.15, 0.2) is 29.0 Å². The Morgan fingerprint density at radius 1 is 0.978 bits per heavy atom. The van der Waals surface area contributed by atoms with Crippen molar-refractivity contribution in [2.75, 3.05) is 13.2 Å². The highest BCUT2D eigenvalue weighted by Gasteiger charge is 2.77. The Balaban J connectivity index is 2.01. The third-order valence-corrected chi connectivity index (χ3v) is 10.5. The first kappa shape index (κ1) is 34.8. The predicted molar refractivity (Wildman–Crippen MR) is 162 cm³/mol. The van der Waals surface area contributed by atoms with Crippen LogP contribution in [0, 0.1) is 28.6 Å². The fourth-order valence-electron chi connectivity index (χ4n) is 8.10. The van der Waals surface area contributed by atoms with Crippen LogP contribution < -0.4 is 0 Å². The molecule has 1 fully saturated rings. The number of carbonyl (C=O) groups excluding carboxylic acids is 5. The number of benzene rings is 1. The fourth-order valence-corrected chi connectivity index (χ4v) is 8.10. The number of carbonyl (C=O) groups is 5. The van der Waals surface area contributed by atoms with Crippen molar-refractivity contribution in [3.8, 4) is 5.75 Å². The minimum absolute atomic E-state index is 0.0178. The molecular weight excluding hydrogens is 600 g/mol. The summed E-state index contributed by atoms with van der Waals surface area (Å²) in [4.78, 5) is 66.2. The molecule has 46 heavy (non-hydrogen) atoms. The highest BCUT2D eigenvalue weighted by Crippen LogP contribution is 2.67. The van der Waals surface area contributed by atoms with Crippen LogP contribution in [0.2, 0.25) is 0 Å². The molecule has 0 amide bonds. The van der Waals surface area contributed by atoms with Gasteiger partial charge in [-0.3, -0.25) is 24.0 Å². The molecule has 12 heteroatoms. The van der Waals surface area contributed by atoms with Gasteiger partial charge in [0.05, 0.1) is 30.5 Å². The van der Waals surface area contributed by atoms with E-state index in [0.717, 1.165) is 6.92 Å². The Morgan fingerprint density at radius 3 is 2.00 bits per heavy atom. The van der Waals surface area contributed by atoms with Gasteiger partial charge in [0.2, 0.25) is 5.78 Å². The summed E-state index contributed by atoms with van der Waals surface area (Å²) in [7, 11) is 0. The lowest BCUT2D eigenvalue weighted by Gasteiger charge is -2.63. The van der Waals surface area contributed by atoms with E-state index < -0.39 is 104 Å². The summed E-state index contributed by atoms with van der Waals surface area (Å²) in [6, 6.07) is 2.97. The first-order chi connectivity index (χ1) is 21.3. The normalized spacial score (nSPS) is 30.7. The van der Waals surface area contributed by atoms with E-state index in [1.54, 1.807) is 34.6 Å². The third kappa shape index (κ3) is 4.36. The highest BCUT2D eigenvalue weighted by molar-refractivity contribution is 6.24. The lowest BCUT2D eigenvalue weighted by Crippen LogP contribution is -2.75. The van der Waals surface area contributed by atoms with Gasteiger partial charge in [0.1, 0.15) is 22.8 Å². The standard InChI is InChI=1S/C34H42O12/c1-9-45-29(41)19(30(42)46-10-2)13-17-11-12-18-15(5)32(7)23(26(38)21(18)24(17)36)28(40)34(44)27(39)20(16(6)35)25(37)22(14(3)4)33(34,8)31(32)43/h11-12,14-15,19,22,31,36,38-39,43-44H,9-10,13H2,1-8H3/t15-,22?,31-,32+,33+,34+/m1/s1. The van der Waals surface area contributed by atoms with Crippen molar-refractivity contribution in [1.82, 2.24) is 0 Å². The van der Waals surface area contributed by atoms with Crippen LogP contribution >= 0.6 is 0 Å². The fraction of sp³-hybridized carbons (Fsp3) is 0.559. The number of ether oxygens (including phenoxy) is 2. The Hall–Kier alpha value is -4.03. The van der Waals surface area contributed by atoms with Crippen LogP contribution in [0.4, 0.5) is 0 Å². The van der Waals surface area contributed by atoms with E-state index in [4.69, 9.17) is 9.47 Å². The minimum atomic E-state index is -3.01. The van der Waals surface area contributed by atoms with E-state index in [-0.39, 0.29) is 30.8 Å². The van der Waals surface area contributed by atoms with E-state index in [9.17, 15) is 49.5 Å². The van der Waals surface area contributed by atoms with Gasteiger partial charge in [0.15, 0.2) is 23.1 Å². The molecule has 3 aliphatic rings. The molecule has 3 aliphatic carbocycles. The molecule has 6 atom stereocenters. The van der Waals surface area contributed by atoms with Crippen LogP contribution in [0.3, 0.4) is 0 Å². The SMILES string of the molecule is CCOC(=O)C(Cc1ccc2c(c1O)C(O)=C1C(=O)[C@@]3(O)C(O)=C(C(C)=O)C(=O)C(C(C)C)[C@@]3(C)[C@H](O)[C@@]1(C)[C@@H]2C)C(=O)OCC. The second-order valence-corrected chi connectivity index (χ2v) is 13.1. The van der Waals surface area contributed by atoms with Crippen molar-refractivity contribution in [2.24, 2.45) is 28.6 Å². The molecule has 0 heterocycles. The molecule has 1 aromatic carbocycles. The predicted octanol–water partition coefficient (Wildman–Crippen LogP) is 3.01. The first-order valence-corrected chi connectivity index (χ1v) is 15.4. The number of aliphatic hydroxyl groups is 4. The smallest absolute Gasteiger partial charge is 0.320 e. The minimum Gasteiger partial charge on any atom is -0.508 e. The summed E-state index contributed by atoms with van der Waals surface area (Å²) in [5.41, 5.74) is -7.94. The number of phenols is 1. The van der Waals surface area contributed by atoms with E-state index in [2.05, 4.69) is 0 Å². The molecule has 0 bridgehead atoms. The molecule has 0 spiro atoms. The van der Waals surface area contributed by atoms with Crippen molar-refractivity contribution in [3.63, 3.8) is 0 Å². The van der Waals surface area contributed by atoms with E-state index >= 15 is 0 Å². The molecule has 1 saturated carbocycles. The van der Waals surface area contributed by atoms with Crippen LogP contribution in [0.1, 0.15) is 78.0 Å². The van der Waals surface area contributed by atoms with Gasteiger partial charge in [0.25, 0.3) is 0 Å². The summed E-state index contributed by atoms with van der Waals surface area (Å²) in [6.45, 7) is 11.8. The number of fused-ring (bicyclic) bond motifs is 3. The molecule has 1 unspecified atom stereocenters. The number of phenolic OH excluding ortho intramolecular Hbond substituents is 1. The Labute approximate surface area is 266 Å². The quantitative estimate of drug-likeness (QED) is 0.158. The van der Waals surface area contributed by atoms with Gasteiger partial charge in [-0.1, -0.05) is 46.8 Å². The summed E-state index contributed by atoms with van der Waals surface area (Å²) in [6.07, 6.45) is -2.14. The molecule has 250 valence electrons. The summed E-state index contributed by atoms with van der Waals surface area (Å²) in [5.74, 6) is -11.5. The second-order valence-electron chi connectivity index (χ2n) is 13.1. The maximum atomic E-state index is 14.6. The van der Waals surface area contributed by atoms with Gasteiger partial charge >= 0.3 is 11.9 Å². The van der Waals surface area contributed by atoms with Gasteiger partial charge in [-0.2, -0.15) is 0 Å². The lowest BCUT2D eigenvalue weighted by molar-refractivity contribution is -0.215. The molecule has 0 aromatic heterocycles. The molecule has 0 saturated heterocycles. The Bertz CT molecular complexity index is 1580. The highest BCUT2D eigenvalue weighted by atomic mass is 16.6. The lowest BCUT2D eigenvalue weighted by atomic mass is 9.40. The van der Waals surface area contributed by atoms with Crippen molar-refractivity contribution >= 4 is 35.0 Å². The number of ketones is 3. The number of aromatic hydroxyl groups is 1. The maximum absolute atomic E-state index is 14.6. The van der Waals surface area contributed by atoms with Crippen molar-refractivity contribution in [2.45, 2.75) is 79.4 Å². The zero-order valence-electron chi connectivity index (χ0n) is 27.3. The van der Waals surface area contributed by atoms with Gasteiger partial charge < -0.3 is 35.0 Å². The van der Waals surface area contributed by atoms with Crippen LogP contribution in [-0.2, 0) is 39.9 Å². The third-order valence-electron chi connectivity index (χ3n) is 10.5. The zero-order valence-corrected chi connectivity index (χ0v) is 27.3. The molecule has 0 radical (unpaired) electrons. The molecule has 0 aliphatic heterocycles. The van der Waals surface area contributed by atoms with E-state index in [0.29, 0.717) is 5.56 Å². The monoisotopic (exact) mass is 642 g/mol. The van der Waals surface area contributed by atoms with Gasteiger partial charge in [-0.05, 0) is 50.2 Å². The molecular formula is C34H42O12. The second kappa shape index (κ2) is 11.6. The maximum Gasteiger partial charge on any atom is 0.320 e. The average molecular weight is 643 g/mol. The van der Waals surface area contributed by atoms with Crippen LogP contribution in [0.25, 0.3) is 5.76 Å². The number of aliphatic hydroxyl groups excluding tert-OH is 3. The summed E-state index contributed by atoms with van der Waals surface area (Å²) < 4.78 is 10.1. The Kier molecular flexibility index (Phi) is 8.82. The van der Waals surface area contributed by atoms with Crippen LogP contribution in [-0.4, -0.2) is 79.7 Å². The number of hydrogen-bond acceptors (Lipinski definition) is 12. The number of allylic oxidation sites excluding steroid dienone is 1. The summed E-state index contributed by atoms with van der Waals surface area (Å²) >= 11 is 0. The number of Topliss-reactive ketones (excluding diaryl/α,β-unsaturated/α-hetero) is 3. The topological polar surface area (TPSA) is 205 Å². The van der Waals surface area contributed by atoms with Gasteiger partial charge in [-0.15, -0.1) is 0 Å². The average Bonchev–Trinajstić information content (AvgIpc) is 2.96. The first-order valence-electron chi connectivity index (χ1n) is 15.4. The number of esters is 2. The molecule has 4 rings (SSSR count). The van der Waals surface area contributed by atoms with Crippen molar-refractivity contribution in [1.29, 1.82) is 0 Å². The van der Waals surface area contributed by atoms with E-state index in [1.807, 2.05) is 0 Å². The molecule has 5 N–H and O–H groups in total. The molecule has 12 nitrogen and oxygen atoms in total. The number of rotatable bonds is 8. The zero-order chi connectivity index (χ0) is 34.8. The van der Waals surface area contributed by atoms with Crippen molar-refractivity contribution < 1.29 is 59.0 Å². The van der Waals surface area contributed by atoms with Gasteiger partial charge in [0, 0.05) is 16.7 Å². The van der Waals surface area contributed by atoms with Gasteiger partial charge in [-0.25, -0.2) is 0 Å². The number of hydrogen-bond donors (Lipinski definition) is 5. The van der Waals surface area contributed by atoms with Crippen LogP contribution in [0.5, 0.6) is 5.75 Å². The molecule has 1 aromatic rings. The Morgan fingerprint density at radius 2 is 1.52 bits per heavy atom. The van der Waals surface area contributed by atoms with Crippen molar-refractivity contribution in [3.05, 3.63) is 45.7 Å². The van der Waals surface area contributed by atoms with E-state index in [1.165, 1.54) is 26.0 Å². The largest absolute Gasteiger partial charge is 0.508 e.